The van der Waals surface area contributed by atoms with Gasteiger partial charge in [-0.05, 0) is 34.2 Å². The number of ether oxygens (including phenoxy) is 1. The van der Waals surface area contributed by atoms with Crippen LogP contribution in [0.4, 0.5) is 4.39 Å². The van der Waals surface area contributed by atoms with E-state index < -0.39 is 29.3 Å². The molecule has 1 aliphatic carbocycles. The second-order valence-corrected chi connectivity index (χ2v) is 9.93. The molecule has 1 N–H and O–H groups in total. The van der Waals surface area contributed by atoms with E-state index >= 15 is 4.39 Å². The molecule has 0 unspecified atom stereocenters. The van der Waals surface area contributed by atoms with Crippen LogP contribution in [0, 0.1) is 5.82 Å². The summed E-state index contributed by atoms with van der Waals surface area (Å²) >= 11 is 1.55. The highest BCUT2D eigenvalue weighted by Crippen LogP contribution is 2.50. The van der Waals surface area contributed by atoms with E-state index in [1.807, 2.05) is 46.8 Å². The van der Waals surface area contributed by atoms with Crippen LogP contribution < -0.4 is 10.4 Å². The third kappa shape index (κ3) is 2.81. The van der Waals surface area contributed by atoms with E-state index in [0.29, 0.717) is 18.7 Å². The van der Waals surface area contributed by atoms with E-state index in [1.54, 1.807) is 27.0 Å². The Kier molecular flexibility index (Phi) is 4.61. The van der Waals surface area contributed by atoms with Crippen molar-refractivity contribution in [2.45, 2.75) is 12.2 Å². The minimum Gasteiger partial charge on any atom is -0.502 e. The first kappa shape index (κ1) is 21.3. The summed E-state index contributed by atoms with van der Waals surface area (Å²) in [6.45, 7) is 0.876. The fourth-order valence-electron chi connectivity index (χ4n) is 5.69. The van der Waals surface area contributed by atoms with Crippen LogP contribution in [0.1, 0.15) is 27.7 Å². The monoisotopic (exact) mass is 501 g/mol. The summed E-state index contributed by atoms with van der Waals surface area (Å²) in [7, 11) is 0. The average Bonchev–Trinajstić information content (AvgIpc) is 3.33. The Morgan fingerprint density at radius 2 is 1.83 bits per heavy atom. The molecule has 1 saturated heterocycles. The molecule has 7 nitrogen and oxygen atoms in total. The number of amides is 1. The molecule has 0 radical (unpaired) electrons. The number of aromatic hydroxyl groups is 1. The molecule has 2 atom stereocenters. The molecule has 0 saturated carbocycles. The van der Waals surface area contributed by atoms with Gasteiger partial charge in [0, 0.05) is 34.8 Å². The van der Waals surface area contributed by atoms with Gasteiger partial charge in [-0.3, -0.25) is 19.3 Å². The minimum absolute atomic E-state index is 0.102. The smallest absolute Gasteiger partial charge is 0.278 e. The lowest BCUT2D eigenvalue weighted by atomic mass is 9.92. The first-order chi connectivity index (χ1) is 17.6. The topological polar surface area (TPSA) is 75.0 Å². The highest BCUT2D eigenvalue weighted by atomic mass is 32.1. The number of pyridine rings is 1. The maximum absolute atomic E-state index is 15.6. The van der Waals surface area contributed by atoms with Gasteiger partial charge in [-0.25, -0.2) is 4.39 Å². The van der Waals surface area contributed by atoms with E-state index in [-0.39, 0.29) is 18.1 Å². The zero-order chi connectivity index (χ0) is 24.6. The Morgan fingerprint density at radius 3 is 2.72 bits per heavy atom. The molecule has 1 fully saturated rings. The molecule has 9 heteroatoms. The number of morpholine rings is 1. The third-order valence-corrected chi connectivity index (χ3v) is 8.16. The Hall–Kier alpha value is -3.95. The predicted octanol–water partition coefficient (Wildman–Crippen LogP) is 3.94. The molecule has 4 heterocycles. The van der Waals surface area contributed by atoms with Crippen molar-refractivity contribution >= 4 is 17.2 Å². The molecule has 7 rings (SSSR count). The molecule has 36 heavy (non-hydrogen) atoms. The quantitative estimate of drug-likeness (QED) is 0.428. The fraction of sp³-hybridized carbons (Fsp3) is 0.185. The van der Waals surface area contributed by atoms with Gasteiger partial charge in [-0.2, -0.15) is 0 Å². The van der Waals surface area contributed by atoms with Gasteiger partial charge in [-0.15, -0.1) is 11.3 Å². The third-order valence-electron chi connectivity index (χ3n) is 7.21. The standard InChI is InChI=1S/C27H20FN3O4S/c28-19-7-3-6-17-22(19)18-9-13-36-26(18)16-5-2-1-4-15(16)23(17)31-21-14-35-12-11-29(21)27(34)24-25(33)20(32)8-10-30(24)31/h1-10,13,21,23,33H,11-12,14H2/t21-,23-/m1/s1. The van der Waals surface area contributed by atoms with E-state index in [0.717, 1.165) is 27.1 Å². The van der Waals surface area contributed by atoms with Crippen LogP contribution in [0.5, 0.6) is 5.75 Å². The van der Waals surface area contributed by atoms with E-state index in [2.05, 4.69) is 0 Å². The number of carbonyl (C=O) groups is 1. The maximum Gasteiger partial charge on any atom is 0.278 e. The second-order valence-electron chi connectivity index (χ2n) is 9.01. The maximum atomic E-state index is 15.6. The normalized spacial score (nSPS) is 20.1. The molecule has 1 amide bonds. The first-order valence-corrected chi connectivity index (χ1v) is 12.5. The van der Waals surface area contributed by atoms with Gasteiger partial charge in [-0.1, -0.05) is 36.4 Å². The van der Waals surface area contributed by atoms with Gasteiger partial charge in [0.1, 0.15) is 12.0 Å². The van der Waals surface area contributed by atoms with Crippen molar-refractivity contribution in [3.8, 4) is 27.3 Å². The van der Waals surface area contributed by atoms with Gasteiger partial charge >= 0.3 is 0 Å². The van der Waals surface area contributed by atoms with Crippen LogP contribution in [0.25, 0.3) is 21.6 Å². The van der Waals surface area contributed by atoms with Crippen LogP contribution in [-0.2, 0) is 4.74 Å². The van der Waals surface area contributed by atoms with E-state index in [1.165, 1.54) is 18.3 Å². The van der Waals surface area contributed by atoms with Crippen LogP contribution in [0.3, 0.4) is 0 Å². The molecule has 2 aromatic heterocycles. The lowest BCUT2D eigenvalue weighted by Crippen LogP contribution is -2.66. The van der Waals surface area contributed by atoms with E-state index in [4.69, 9.17) is 4.74 Å². The predicted molar refractivity (Wildman–Crippen MR) is 133 cm³/mol. The second kappa shape index (κ2) is 7.78. The summed E-state index contributed by atoms with van der Waals surface area (Å²) in [6, 6.07) is 15.6. The van der Waals surface area contributed by atoms with Crippen LogP contribution in [0.2, 0.25) is 0 Å². The molecule has 3 aliphatic rings. The summed E-state index contributed by atoms with van der Waals surface area (Å²) in [6.07, 6.45) is 0.967. The Morgan fingerprint density at radius 1 is 1.00 bits per heavy atom. The largest absolute Gasteiger partial charge is 0.502 e. The van der Waals surface area contributed by atoms with Crippen molar-refractivity contribution in [2.75, 3.05) is 24.8 Å². The number of hydrogen-bond donors (Lipinski definition) is 1. The van der Waals surface area contributed by atoms with Gasteiger partial charge in [0.25, 0.3) is 5.91 Å². The molecule has 0 bridgehead atoms. The number of benzene rings is 2. The number of nitrogens with zero attached hydrogens (tertiary/aromatic N) is 3. The van der Waals surface area contributed by atoms with E-state index in [9.17, 15) is 14.7 Å². The van der Waals surface area contributed by atoms with Crippen LogP contribution in [0.15, 0.2) is 71.0 Å². The first-order valence-electron chi connectivity index (χ1n) is 11.6. The lowest BCUT2D eigenvalue weighted by Gasteiger charge is -2.51. The van der Waals surface area contributed by atoms with Crippen molar-refractivity contribution in [1.82, 2.24) is 9.58 Å². The zero-order valence-electron chi connectivity index (χ0n) is 18.9. The highest BCUT2D eigenvalue weighted by Gasteiger charge is 2.46. The van der Waals surface area contributed by atoms with Crippen LogP contribution in [-0.4, -0.2) is 46.5 Å². The Labute approximate surface area is 209 Å². The number of rotatable bonds is 1. The number of hydrogen-bond acceptors (Lipinski definition) is 6. The number of aromatic nitrogens is 1. The zero-order valence-corrected chi connectivity index (χ0v) is 19.7. The number of halogens is 1. The Bertz CT molecular complexity index is 1610. The molecular formula is C27H20FN3O4S. The minimum atomic E-state index is -0.629. The van der Waals surface area contributed by atoms with Crippen molar-refractivity contribution in [2.24, 2.45) is 0 Å². The number of thiophene rings is 1. The number of carbonyl (C=O) groups excluding carboxylic acids is 1. The fourth-order valence-corrected chi connectivity index (χ4v) is 6.64. The summed E-state index contributed by atoms with van der Waals surface area (Å²) in [4.78, 5) is 28.4. The van der Waals surface area contributed by atoms with Crippen molar-refractivity contribution < 1.29 is 19.0 Å². The summed E-state index contributed by atoms with van der Waals surface area (Å²) < 4.78 is 22.9. The average molecular weight is 502 g/mol. The van der Waals surface area contributed by atoms with Gasteiger partial charge in [0.2, 0.25) is 5.43 Å². The van der Waals surface area contributed by atoms with Crippen molar-refractivity contribution in [3.63, 3.8) is 0 Å². The molecule has 0 spiro atoms. The van der Waals surface area contributed by atoms with Crippen LogP contribution >= 0.6 is 11.3 Å². The summed E-state index contributed by atoms with van der Waals surface area (Å²) in [5.74, 6) is -1.37. The molecule has 2 aliphatic heterocycles. The molecule has 4 aromatic rings. The number of fused-ring (bicyclic) bond motifs is 7. The molecule has 2 aromatic carbocycles. The molecular weight excluding hydrogens is 481 g/mol. The summed E-state index contributed by atoms with van der Waals surface area (Å²) in [5.41, 5.74) is 3.21. The highest BCUT2D eigenvalue weighted by molar-refractivity contribution is 7.14. The Balaban J connectivity index is 1.59. The van der Waals surface area contributed by atoms with Crippen molar-refractivity contribution in [1.29, 1.82) is 0 Å². The molecule has 180 valence electrons. The SMILES string of the molecule is O=C1c2c(O)c(=O)ccn2N([C@@H]2c3ccccc3-c3sccc3-c3c(F)cccc32)[C@@H]2COCCN12. The lowest BCUT2D eigenvalue weighted by molar-refractivity contribution is -0.0196. The van der Waals surface area contributed by atoms with Gasteiger partial charge < -0.3 is 14.7 Å². The van der Waals surface area contributed by atoms with Gasteiger partial charge in [0.05, 0.1) is 19.3 Å². The van der Waals surface area contributed by atoms with Gasteiger partial charge in [0.15, 0.2) is 11.4 Å². The summed E-state index contributed by atoms with van der Waals surface area (Å²) in [5, 5.41) is 14.6. The van der Waals surface area contributed by atoms with Crippen molar-refractivity contribution in [3.05, 3.63) is 99.0 Å².